The number of nitrogens with zero attached hydrogens (tertiary/aromatic N) is 4. The molecule has 2 aromatic rings. The fourth-order valence-electron chi connectivity index (χ4n) is 2.94. The first-order valence-corrected chi connectivity index (χ1v) is 8.12. The number of carbonyl (C=O) groups excluding carboxylic acids is 1. The lowest BCUT2D eigenvalue weighted by molar-refractivity contribution is 0.0497. The summed E-state index contributed by atoms with van der Waals surface area (Å²) in [5.74, 6) is 1.80. The number of hydrogen-bond donors (Lipinski definition) is 0. The van der Waals surface area contributed by atoms with E-state index in [1.807, 2.05) is 10.9 Å². The Morgan fingerprint density at radius 1 is 1.12 bits per heavy atom. The van der Waals surface area contributed by atoms with Crippen LogP contribution >= 0.6 is 0 Å². The third-order valence-corrected chi connectivity index (χ3v) is 4.65. The van der Waals surface area contributed by atoms with Crippen molar-refractivity contribution in [2.24, 2.45) is 0 Å². The quantitative estimate of drug-likeness (QED) is 0.838. The number of hydrogen-bond acceptors (Lipinski definition) is 5. The molecular weight excluding hydrogens is 308 g/mol. The molecule has 24 heavy (non-hydrogen) atoms. The highest BCUT2D eigenvalue weighted by Gasteiger charge is 2.35. The molecule has 0 unspecified atom stereocenters. The van der Waals surface area contributed by atoms with Crippen molar-refractivity contribution in [3.63, 3.8) is 0 Å². The summed E-state index contributed by atoms with van der Waals surface area (Å²) in [5.41, 5.74) is 1.65. The second kappa shape index (κ2) is 5.81. The lowest BCUT2D eigenvalue weighted by Crippen LogP contribution is -2.50. The van der Waals surface area contributed by atoms with Gasteiger partial charge < -0.3 is 14.4 Å². The summed E-state index contributed by atoms with van der Waals surface area (Å²) in [7, 11) is 3.15. The standard InChI is InChI=1S/C17H20N4O3/c1-23-14-5-12(6-15(7-14)24-2)17(22)20-8-13(9-20)21-10-16(18-19-21)11-3-4-11/h5-7,10-11,13H,3-4,8-9H2,1-2H3. The first-order valence-electron chi connectivity index (χ1n) is 8.12. The normalized spacial score (nSPS) is 17.5. The molecule has 0 spiro atoms. The molecule has 1 saturated heterocycles. The summed E-state index contributed by atoms with van der Waals surface area (Å²) in [6.45, 7) is 1.29. The molecule has 1 saturated carbocycles. The van der Waals surface area contributed by atoms with Gasteiger partial charge in [0.2, 0.25) is 0 Å². The first kappa shape index (κ1) is 15.0. The highest BCUT2D eigenvalue weighted by atomic mass is 16.5. The number of ether oxygens (including phenoxy) is 2. The second-order valence-corrected chi connectivity index (χ2v) is 6.36. The zero-order chi connectivity index (χ0) is 16.7. The molecule has 2 fully saturated rings. The molecular formula is C17H20N4O3. The molecule has 0 N–H and O–H groups in total. The maximum Gasteiger partial charge on any atom is 0.254 e. The van der Waals surface area contributed by atoms with Gasteiger partial charge in [-0.3, -0.25) is 4.79 Å². The minimum absolute atomic E-state index is 0.0222. The van der Waals surface area contributed by atoms with Crippen LogP contribution in [0.1, 0.15) is 40.9 Å². The fraction of sp³-hybridized carbons (Fsp3) is 0.471. The summed E-state index contributed by atoms with van der Waals surface area (Å²) in [6, 6.07) is 5.43. The van der Waals surface area contributed by atoms with Crippen LogP contribution in [0, 0.1) is 0 Å². The van der Waals surface area contributed by atoms with Crippen molar-refractivity contribution >= 4 is 5.91 Å². The maximum absolute atomic E-state index is 12.6. The highest BCUT2D eigenvalue weighted by molar-refractivity contribution is 5.95. The number of benzene rings is 1. The molecule has 0 bridgehead atoms. The smallest absolute Gasteiger partial charge is 0.254 e. The van der Waals surface area contributed by atoms with Crippen molar-refractivity contribution in [3.8, 4) is 11.5 Å². The van der Waals surface area contributed by atoms with Gasteiger partial charge in [-0.1, -0.05) is 5.21 Å². The Kier molecular flexibility index (Phi) is 3.63. The van der Waals surface area contributed by atoms with Gasteiger partial charge in [-0.05, 0) is 25.0 Å². The molecule has 2 heterocycles. The van der Waals surface area contributed by atoms with Crippen molar-refractivity contribution in [3.05, 3.63) is 35.7 Å². The Balaban J connectivity index is 1.43. The molecule has 2 aliphatic rings. The minimum Gasteiger partial charge on any atom is -0.497 e. The molecule has 126 valence electrons. The zero-order valence-corrected chi connectivity index (χ0v) is 13.8. The molecule has 1 aliphatic heterocycles. The third kappa shape index (κ3) is 2.70. The van der Waals surface area contributed by atoms with E-state index < -0.39 is 0 Å². The number of amides is 1. The predicted molar refractivity (Wildman–Crippen MR) is 86.5 cm³/mol. The second-order valence-electron chi connectivity index (χ2n) is 6.36. The summed E-state index contributed by atoms with van der Waals surface area (Å²) < 4.78 is 12.3. The fourth-order valence-corrected chi connectivity index (χ4v) is 2.94. The van der Waals surface area contributed by atoms with Gasteiger partial charge in [0.15, 0.2) is 0 Å². The van der Waals surface area contributed by atoms with Gasteiger partial charge in [0, 0.05) is 36.8 Å². The SMILES string of the molecule is COc1cc(OC)cc(C(=O)N2CC(n3cc(C4CC4)nn3)C2)c1. The van der Waals surface area contributed by atoms with Crippen molar-refractivity contribution in [2.75, 3.05) is 27.3 Å². The lowest BCUT2D eigenvalue weighted by Gasteiger charge is -2.38. The number of likely N-dealkylation sites (tertiary alicyclic amines) is 1. The Bertz CT molecular complexity index is 741. The topological polar surface area (TPSA) is 69.5 Å². The monoisotopic (exact) mass is 328 g/mol. The van der Waals surface area contributed by atoms with E-state index in [0.717, 1.165) is 5.69 Å². The Labute approximate surface area is 140 Å². The molecule has 0 atom stereocenters. The van der Waals surface area contributed by atoms with E-state index in [4.69, 9.17) is 9.47 Å². The molecule has 0 radical (unpaired) electrons. The highest BCUT2D eigenvalue weighted by Crippen LogP contribution is 2.39. The van der Waals surface area contributed by atoms with Crippen molar-refractivity contribution in [1.82, 2.24) is 19.9 Å². The van der Waals surface area contributed by atoms with Crippen LogP contribution in [0.4, 0.5) is 0 Å². The Morgan fingerprint density at radius 2 is 1.79 bits per heavy atom. The summed E-state index contributed by atoms with van der Waals surface area (Å²) >= 11 is 0. The molecule has 1 aromatic carbocycles. The van der Waals surface area contributed by atoms with E-state index >= 15 is 0 Å². The van der Waals surface area contributed by atoms with E-state index in [1.54, 1.807) is 37.3 Å². The Hall–Kier alpha value is -2.57. The van der Waals surface area contributed by atoms with Gasteiger partial charge in [-0.2, -0.15) is 0 Å². The van der Waals surface area contributed by atoms with Crippen molar-refractivity contribution in [2.45, 2.75) is 24.8 Å². The molecule has 7 nitrogen and oxygen atoms in total. The van der Waals surface area contributed by atoms with Crippen LogP contribution in [0.2, 0.25) is 0 Å². The van der Waals surface area contributed by atoms with E-state index in [-0.39, 0.29) is 11.9 Å². The van der Waals surface area contributed by atoms with Crippen LogP contribution in [0.25, 0.3) is 0 Å². The van der Waals surface area contributed by atoms with Crippen molar-refractivity contribution in [1.29, 1.82) is 0 Å². The van der Waals surface area contributed by atoms with Gasteiger partial charge in [0.1, 0.15) is 11.5 Å². The van der Waals surface area contributed by atoms with Gasteiger partial charge in [-0.15, -0.1) is 5.10 Å². The molecule has 1 amide bonds. The van der Waals surface area contributed by atoms with Crippen LogP contribution in [0.5, 0.6) is 11.5 Å². The first-order chi connectivity index (χ1) is 11.7. The molecule has 4 rings (SSSR count). The summed E-state index contributed by atoms with van der Waals surface area (Å²) in [6.07, 6.45) is 4.45. The van der Waals surface area contributed by atoms with Gasteiger partial charge in [0.25, 0.3) is 5.91 Å². The minimum atomic E-state index is -0.0222. The van der Waals surface area contributed by atoms with E-state index in [2.05, 4.69) is 10.3 Å². The number of rotatable bonds is 5. The number of aromatic nitrogens is 3. The zero-order valence-electron chi connectivity index (χ0n) is 13.8. The van der Waals surface area contributed by atoms with Crippen LogP contribution in [-0.4, -0.2) is 53.1 Å². The lowest BCUT2D eigenvalue weighted by atomic mass is 10.1. The van der Waals surface area contributed by atoms with E-state index in [9.17, 15) is 4.79 Å². The van der Waals surface area contributed by atoms with Crippen molar-refractivity contribution < 1.29 is 14.3 Å². The average Bonchev–Trinajstić information content (AvgIpc) is 3.31. The van der Waals surface area contributed by atoms with Crippen LogP contribution < -0.4 is 9.47 Å². The Morgan fingerprint density at radius 3 is 2.38 bits per heavy atom. The van der Waals surface area contributed by atoms with E-state index in [1.165, 1.54) is 12.8 Å². The largest absolute Gasteiger partial charge is 0.497 e. The van der Waals surface area contributed by atoms with Gasteiger partial charge in [0.05, 0.1) is 26.0 Å². The molecule has 1 aromatic heterocycles. The van der Waals surface area contributed by atoms with Crippen LogP contribution in [0.15, 0.2) is 24.4 Å². The maximum atomic E-state index is 12.6. The average molecular weight is 328 g/mol. The molecule has 7 heteroatoms. The third-order valence-electron chi connectivity index (χ3n) is 4.65. The van der Waals surface area contributed by atoms with Crippen LogP contribution in [-0.2, 0) is 0 Å². The summed E-state index contributed by atoms with van der Waals surface area (Å²) in [4.78, 5) is 14.4. The predicted octanol–water partition coefficient (Wildman–Crippen LogP) is 1.87. The van der Waals surface area contributed by atoms with E-state index in [0.29, 0.717) is 36.1 Å². The van der Waals surface area contributed by atoms with Gasteiger partial charge >= 0.3 is 0 Å². The summed E-state index contributed by atoms with van der Waals surface area (Å²) in [5, 5.41) is 8.44. The van der Waals surface area contributed by atoms with Gasteiger partial charge in [-0.25, -0.2) is 4.68 Å². The van der Waals surface area contributed by atoms with Crippen LogP contribution in [0.3, 0.4) is 0 Å². The molecule has 1 aliphatic carbocycles. The number of carbonyl (C=O) groups is 1. The number of methoxy groups -OCH3 is 2.